The van der Waals surface area contributed by atoms with Crippen LogP contribution in [0.5, 0.6) is 0 Å². The van der Waals surface area contributed by atoms with E-state index in [0.29, 0.717) is 36.1 Å². The van der Waals surface area contributed by atoms with E-state index >= 15 is 0 Å². The van der Waals surface area contributed by atoms with Gasteiger partial charge >= 0.3 is 0 Å². The van der Waals surface area contributed by atoms with Gasteiger partial charge in [0.1, 0.15) is 11.9 Å². The molecule has 4 heteroatoms. The molecule has 4 aromatic carbocycles. The third-order valence-electron chi connectivity index (χ3n) is 6.49. The average molecular weight is 459 g/mol. The van der Waals surface area contributed by atoms with Gasteiger partial charge in [-0.25, -0.2) is 13.2 Å². The number of rotatable bonds is 7. The first-order valence-electron chi connectivity index (χ1n) is 11.6. The Morgan fingerprint density at radius 1 is 0.706 bits per heavy atom. The molecule has 1 heterocycles. The summed E-state index contributed by atoms with van der Waals surface area (Å²) in [6.45, 7) is 2.71. The van der Waals surface area contributed by atoms with Gasteiger partial charge in [-0.1, -0.05) is 79.7 Å². The van der Waals surface area contributed by atoms with Crippen LogP contribution < -0.4 is 0 Å². The van der Waals surface area contributed by atoms with Gasteiger partial charge in [-0.15, -0.1) is 0 Å². The van der Waals surface area contributed by atoms with Crippen LogP contribution in [0.25, 0.3) is 22.3 Å². The van der Waals surface area contributed by atoms with Crippen molar-refractivity contribution < 1.29 is 17.9 Å². The standard InChI is InChI=1S/C30H25F3O/c1-2-19-3-8-21(9-4-19)25-15-16-26(30(33)29(25)32)22-10-5-20(6-11-22)7-12-23-13-14-24(17-27(23)31)28-18-34-28/h3-6,8-11,13-17,28H,2,7,12,18H2,1H3. The Bertz CT molecular complexity index is 1310. The molecule has 34 heavy (non-hydrogen) atoms. The van der Waals surface area contributed by atoms with Gasteiger partial charge in [0, 0.05) is 11.1 Å². The van der Waals surface area contributed by atoms with Crippen LogP contribution in [0, 0.1) is 17.5 Å². The maximum Gasteiger partial charge on any atom is 0.167 e. The lowest BCUT2D eigenvalue weighted by molar-refractivity contribution is 0.414. The highest BCUT2D eigenvalue weighted by Gasteiger charge is 2.25. The van der Waals surface area contributed by atoms with E-state index in [9.17, 15) is 13.2 Å². The summed E-state index contributed by atoms with van der Waals surface area (Å²) in [6.07, 6.45) is 2.14. The van der Waals surface area contributed by atoms with Gasteiger partial charge in [-0.3, -0.25) is 0 Å². The molecule has 1 unspecified atom stereocenters. The van der Waals surface area contributed by atoms with Gasteiger partial charge in [0.25, 0.3) is 0 Å². The molecule has 1 fully saturated rings. The molecule has 0 spiro atoms. The molecule has 4 aromatic rings. The van der Waals surface area contributed by atoms with Crippen molar-refractivity contribution in [3.8, 4) is 22.3 Å². The summed E-state index contributed by atoms with van der Waals surface area (Å²) >= 11 is 0. The quantitative estimate of drug-likeness (QED) is 0.257. The fraction of sp³-hybridized carbons (Fsp3) is 0.200. The van der Waals surface area contributed by atoms with E-state index in [1.807, 2.05) is 48.5 Å². The second-order valence-corrected chi connectivity index (χ2v) is 8.71. The molecule has 0 aliphatic carbocycles. The first kappa shape index (κ1) is 22.4. The second kappa shape index (κ2) is 9.47. The zero-order valence-electron chi connectivity index (χ0n) is 19.0. The van der Waals surface area contributed by atoms with Crippen molar-refractivity contribution in [2.75, 3.05) is 6.61 Å². The van der Waals surface area contributed by atoms with E-state index in [1.165, 1.54) is 0 Å². The molecule has 0 saturated carbocycles. The van der Waals surface area contributed by atoms with Crippen LogP contribution in [0.15, 0.2) is 78.9 Å². The predicted octanol–water partition coefficient (Wildman–Crippen LogP) is 7.86. The molecule has 0 amide bonds. The number of epoxide rings is 1. The van der Waals surface area contributed by atoms with Gasteiger partial charge < -0.3 is 4.74 Å². The third-order valence-corrected chi connectivity index (χ3v) is 6.49. The van der Waals surface area contributed by atoms with Crippen LogP contribution in [0.2, 0.25) is 0 Å². The summed E-state index contributed by atoms with van der Waals surface area (Å²) in [6, 6.07) is 23.4. The Morgan fingerprint density at radius 3 is 1.76 bits per heavy atom. The third kappa shape index (κ3) is 4.64. The minimum absolute atomic E-state index is 0.0389. The minimum atomic E-state index is -0.855. The summed E-state index contributed by atoms with van der Waals surface area (Å²) in [5, 5.41) is 0. The number of ether oxygens (including phenoxy) is 1. The van der Waals surface area contributed by atoms with E-state index in [4.69, 9.17) is 4.74 Å². The van der Waals surface area contributed by atoms with Crippen LogP contribution in [0.4, 0.5) is 13.2 Å². The van der Waals surface area contributed by atoms with Crippen molar-refractivity contribution in [3.05, 3.63) is 119 Å². The van der Waals surface area contributed by atoms with Crippen molar-refractivity contribution in [2.24, 2.45) is 0 Å². The Morgan fingerprint density at radius 2 is 1.26 bits per heavy atom. The number of hydrogen-bond acceptors (Lipinski definition) is 1. The van der Waals surface area contributed by atoms with Crippen LogP contribution in [-0.2, 0) is 24.0 Å². The summed E-state index contributed by atoms with van der Waals surface area (Å²) < 4.78 is 49.4. The Kier molecular flexibility index (Phi) is 6.25. The maximum absolute atomic E-state index is 15.0. The second-order valence-electron chi connectivity index (χ2n) is 8.71. The van der Waals surface area contributed by atoms with Crippen LogP contribution in [0.1, 0.15) is 35.3 Å². The van der Waals surface area contributed by atoms with Crippen molar-refractivity contribution in [1.29, 1.82) is 0 Å². The molecular formula is C30H25F3O. The molecule has 0 radical (unpaired) electrons. The molecule has 1 nitrogen and oxygen atoms in total. The van der Waals surface area contributed by atoms with E-state index in [-0.39, 0.29) is 23.0 Å². The molecular weight excluding hydrogens is 433 g/mol. The monoisotopic (exact) mass is 458 g/mol. The first-order valence-corrected chi connectivity index (χ1v) is 11.6. The predicted molar refractivity (Wildman–Crippen MR) is 129 cm³/mol. The fourth-order valence-corrected chi connectivity index (χ4v) is 4.25. The Hall–Kier alpha value is -3.37. The zero-order chi connectivity index (χ0) is 23.7. The van der Waals surface area contributed by atoms with Crippen molar-refractivity contribution in [1.82, 2.24) is 0 Å². The molecule has 0 N–H and O–H groups in total. The molecule has 0 aromatic heterocycles. The zero-order valence-corrected chi connectivity index (χ0v) is 19.0. The highest BCUT2D eigenvalue weighted by atomic mass is 19.2. The lowest BCUT2D eigenvalue weighted by atomic mass is 9.96. The average Bonchev–Trinajstić information content (AvgIpc) is 3.71. The SMILES string of the molecule is CCc1ccc(-c2ccc(-c3ccc(CCc4ccc(C5CO5)cc4F)cc3)c(F)c2F)cc1. The van der Waals surface area contributed by atoms with Gasteiger partial charge in [-0.05, 0) is 58.7 Å². The van der Waals surface area contributed by atoms with E-state index in [2.05, 4.69) is 6.92 Å². The molecule has 172 valence electrons. The van der Waals surface area contributed by atoms with E-state index < -0.39 is 11.6 Å². The smallest absolute Gasteiger partial charge is 0.167 e. The Labute approximate surface area is 197 Å². The molecule has 1 saturated heterocycles. The lowest BCUT2D eigenvalue weighted by Crippen LogP contribution is -1.97. The normalized spacial score (nSPS) is 14.9. The van der Waals surface area contributed by atoms with Crippen molar-refractivity contribution in [2.45, 2.75) is 32.3 Å². The molecule has 1 aliphatic heterocycles. The molecule has 5 rings (SSSR count). The fourth-order valence-electron chi connectivity index (χ4n) is 4.25. The molecule has 1 atom stereocenters. The highest BCUT2D eigenvalue weighted by Crippen LogP contribution is 2.33. The Balaban J connectivity index is 1.30. The van der Waals surface area contributed by atoms with E-state index in [0.717, 1.165) is 23.1 Å². The van der Waals surface area contributed by atoms with Crippen LogP contribution in [-0.4, -0.2) is 6.61 Å². The summed E-state index contributed by atoms with van der Waals surface area (Å²) in [5.41, 5.74) is 5.42. The molecule has 1 aliphatic rings. The van der Waals surface area contributed by atoms with Gasteiger partial charge in [0.05, 0.1) is 6.61 Å². The number of aryl methyl sites for hydroxylation is 3. The highest BCUT2D eigenvalue weighted by molar-refractivity contribution is 5.72. The summed E-state index contributed by atoms with van der Waals surface area (Å²) in [5.74, 6) is -1.92. The van der Waals surface area contributed by atoms with Gasteiger partial charge in [-0.2, -0.15) is 0 Å². The van der Waals surface area contributed by atoms with E-state index in [1.54, 1.807) is 30.3 Å². The largest absolute Gasteiger partial charge is 0.368 e. The number of benzene rings is 4. The minimum Gasteiger partial charge on any atom is -0.368 e. The van der Waals surface area contributed by atoms with Crippen LogP contribution >= 0.6 is 0 Å². The van der Waals surface area contributed by atoms with Gasteiger partial charge in [0.15, 0.2) is 11.6 Å². The number of hydrogen-bond donors (Lipinski definition) is 0. The number of halogens is 3. The lowest BCUT2D eigenvalue weighted by Gasteiger charge is -2.11. The first-order chi connectivity index (χ1) is 16.5. The van der Waals surface area contributed by atoms with Crippen LogP contribution in [0.3, 0.4) is 0 Å². The van der Waals surface area contributed by atoms with Crippen molar-refractivity contribution in [3.63, 3.8) is 0 Å². The summed E-state index contributed by atoms with van der Waals surface area (Å²) in [7, 11) is 0. The summed E-state index contributed by atoms with van der Waals surface area (Å²) in [4.78, 5) is 0. The topological polar surface area (TPSA) is 12.5 Å². The van der Waals surface area contributed by atoms with Crippen molar-refractivity contribution >= 4 is 0 Å². The van der Waals surface area contributed by atoms with Gasteiger partial charge in [0.2, 0.25) is 0 Å². The maximum atomic E-state index is 15.0. The molecule has 0 bridgehead atoms.